The zero-order valence-electron chi connectivity index (χ0n) is 20.8. The number of unbranched alkanes of at least 4 members (excludes halogenated alkanes) is 8. The highest BCUT2D eigenvalue weighted by atomic mass is 16.5. The second-order valence-electron chi connectivity index (χ2n) is 9.70. The summed E-state index contributed by atoms with van der Waals surface area (Å²) in [5, 5.41) is 30.2. The number of carbonyl (C=O) groups is 1. The van der Waals surface area contributed by atoms with Gasteiger partial charge in [-0.15, -0.1) is 0 Å². The number of aliphatic hydroxyl groups excluding tert-OH is 1. The molecular formula is C27H50O5. The van der Waals surface area contributed by atoms with Crippen LogP contribution in [-0.4, -0.2) is 46.2 Å². The van der Waals surface area contributed by atoms with Gasteiger partial charge < -0.3 is 20.1 Å². The molecule has 0 saturated heterocycles. The van der Waals surface area contributed by atoms with Crippen molar-refractivity contribution in [2.24, 2.45) is 11.8 Å². The predicted molar refractivity (Wildman–Crippen MR) is 130 cm³/mol. The van der Waals surface area contributed by atoms with E-state index in [9.17, 15) is 20.1 Å². The molecule has 0 aromatic carbocycles. The zero-order chi connectivity index (χ0) is 23.7. The minimum atomic E-state index is -2.72. The second kappa shape index (κ2) is 17.7. The number of rotatable bonds is 20. The average molecular weight is 455 g/mol. The largest absolute Gasteiger partial charge is 0.387 e. The van der Waals surface area contributed by atoms with Gasteiger partial charge in [0.1, 0.15) is 12.7 Å². The van der Waals surface area contributed by atoms with Gasteiger partial charge in [-0.25, -0.2) is 0 Å². The molecule has 0 aromatic rings. The lowest BCUT2D eigenvalue weighted by molar-refractivity contribution is -0.223. The monoisotopic (exact) mass is 454 g/mol. The molecule has 1 unspecified atom stereocenters. The van der Waals surface area contributed by atoms with Crippen LogP contribution >= 0.6 is 0 Å². The molecule has 0 radical (unpaired) electrons. The van der Waals surface area contributed by atoms with Crippen LogP contribution in [0.4, 0.5) is 0 Å². The van der Waals surface area contributed by atoms with Crippen LogP contribution in [0.5, 0.6) is 0 Å². The highest BCUT2D eigenvalue weighted by Gasteiger charge is 2.40. The van der Waals surface area contributed by atoms with Crippen molar-refractivity contribution in [2.75, 3.05) is 13.2 Å². The lowest BCUT2D eigenvalue weighted by Crippen LogP contribution is -2.51. The molecule has 32 heavy (non-hydrogen) atoms. The first-order valence-corrected chi connectivity index (χ1v) is 13.3. The second-order valence-corrected chi connectivity index (χ2v) is 9.70. The van der Waals surface area contributed by atoms with Crippen LogP contribution in [0.25, 0.3) is 0 Å². The minimum Gasteiger partial charge on any atom is -0.387 e. The molecule has 5 heteroatoms. The van der Waals surface area contributed by atoms with E-state index in [1.165, 1.54) is 64.2 Å². The van der Waals surface area contributed by atoms with E-state index >= 15 is 0 Å². The lowest BCUT2D eigenvalue weighted by Gasteiger charge is -2.26. The summed E-state index contributed by atoms with van der Waals surface area (Å²) >= 11 is 0. The van der Waals surface area contributed by atoms with Gasteiger partial charge in [-0.2, -0.15) is 0 Å². The van der Waals surface area contributed by atoms with E-state index in [1.807, 2.05) is 6.92 Å². The number of ether oxygens (including phenoxy) is 1. The summed E-state index contributed by atoms with van der Waals surface area (Å²) in [7, 11) is 0. The molecule has 0 bridgehead atoms. The Hall–Kier alpha value is -0.750. The van der Waals surface area contributed by atoms with E-state index in [2.05, 4.69) is 19.1 Å². The SMILES string of the molecule is CCCCCCCCC=C[C@H]1CCC[C@@H]1CCCCC(O)C(O)(O)C(=O)COCCCC. The molecule has 3 N–H and O–H groups in total. The quantitative estimate of drug-likeness (QED) is 0.125. The molecule has 188 valence electrons. The highest BCUT2D eigenvalue weighted by Crippen LogP contribution is 2.36. The van der Waals surface area contributed by atoms with Gasteiger partial charge in [0.15, 0.2) is 0 Å². The average Bonchev–Trinajstić information content (AvgIpc) is 3.22. The molecular weight excluding hydrogens is 404 g/mol. The molecule has 3 atom stereocenters. The molecule has 1 rings (SSSR count). The van der Waals surface area contributed by atoms with Gasteiger partial charge in [-0.3, -0.25) is 4.79 Å². The first kappa shape index (κ1) is 29.3. The van der Waals surface area contributed by atoms with E-state index in [4.69, 9.17) is 4.74 Å². The van der Waals surface area contributed by atoms with E-state index in [0.717, 1.165) is 25.7 Å². The number of ketones is 1. The molecule has 5 nitrogen and oxygen atoms in total. The molecule has 0 heterocycles. The Labute approximate surface area is 196 Å². The van der Waals surface area contributed by atoms with Crippen molar-refractivity contribution in [1.29, 1.82) is 0 Å². The number of hydrogen-bond donors (Lipinski definition) is 3. The summed E-state index contributed by atoms with van der Waals surface area (Å²) in [5.41, 5.74) is 0. The lowest BCUT2D eigenvalue weighted by atomic mass is 9.89. The van der Waals surface area contributed by atoms with E-state index < -0.39 is 17.7 Å². The fraction of sp³-hybridized carbons (Fsp3) is 0.889. The van der Waals surface area contributed by atoms with Crippen molar-refractivity contribution in [1.82, 2.24) is 0 Å². The minimum absolute atomic E-state index is 0.207. The summed E-state index contributed by atoms with van der Waals surface area (Å²) in [6, 6.07) is 0. The summed E-state index contributed by atoms with van der Waals surface area (Å²) in [6.07, 6.45) is 21.0. The van der Waals surface area contributed by atoms with Crippen LogP contribution in [-0.2, 0) is 9.53 Å². The fourth-order valence-corrected chi connectivity index (χ4v) is 4.64. The Morgan fingerprint density at radius 3 is 2.47 bits per heavy atom. The third-order valence-corrected chi connectivity index (χ3v) is 6.88. The number of hydrogen-bond acceptors (Lipinski definition) is 5. The number of allylic oxidation sites excluding steroid dienone is 2. The maximum absolute atomic E-state index is 12.0. The van der Waals surface area contributed by atoms with Gasteiger partial charge in [-0.05, 0) is 56.8 Å². The molecule has 0 spiro atoms. The topological polar surface area (TPSA) is 87.0 Å². The van der Waals surface area contributed by atoms with Crippen LogP contribution in [0, 0.1) is 11.8 Å². The Morgan fingerprint density at radius 2 is 1.72 bits per heavy atom. The van der Waals surface area contributed by atoms with Gasteiger partial charge in [0.2, 0.25) is 5.78 Å². The first-order valence-electron chi connectivity index (χ1n) is 13.3. The van der Waals surface area contributed by atoms with Crippen molar-refractivity contribution in [3.05, 3.63) is 12.2 Å². The third kappa shape index (κ3) is 11.9. The summed E-state index contributed by atoms with van der Waals surface area (Å²) in [6.45, 7) is 4.29. The number of aliphatic hydroxyl groups is 3. The Bertz CT molecular complexity index is 502. The first-order chi connectivity index (χ1) is 15.4. The van der Waals surface area contributed by atoms with E-state index in [1.54, 1.807) is 0 Å². The van der Waals surface area contributed by atoms with Gasteiger partial charge in [0.05, 0.1) is 0 Å². The summed E-state index contributed by atoms with van der Waals surface area (Å²) < 4.78 is 5.16. The summed E-state index contributed by atoms with van der Waals surface area (Å²) in [5.74, 6) is -2.24. The number of carbonyl (C=O) groups excluding carboxylic acids is 1. The predicted octanol–water partition coefficient (Wildman–Crippen LogP) is 5.70. The smallest absolute Gasteiger partial charge is 0.253 e. The molecule has 1 saturated carbocycles. The fourth-order valence-electron chi connectivity index (χ4n) is 4.64. The van der Waals surface area contributed by atoms with Crippen molar-refractivity contribution in [3.8, 4) is 0 Å². The molecule has 1 aliphatic rings. The van der Waals surface area contributed by atoms with Crippen LogP contribution < -0.4 is 0 Å². The zero-order valence-corrected chi connectivity index (χ0v) is 20.8. The molecule has 0 aliphatic heterocycles. The molecule has 1 fully saturated rings. The Balaban J connectivity index is 2.21. The van der Waals surface area contributed by atoms with Crippen molar-refractivity contribution in [3.63, 3.8) is 0 Å². The van der Waals surface area contributed by atoms with Gasteiger partial charge >= 0.3 is 0 Å². The molecule has 0 aromatic heterocycles. The van der Waals surface area contributed by atoms with Crippen LogP contribution in [0.2, 0.25) is 0 Å². The van der Waals surface area contributed by atoms with E-state index in [0.29, 0.717) is 24.9 Å². The van der Waals surface area contributed by atoms with Gasteiger partial charge in [-0.1, -0.05) is 83.8 Å². The van der Waals surface area contributed by atoms with Crippen molar-refractivity contribution < 1.29 is 24.9 Å². The summed E-state index contributed by atoms with van der Waals surface area (Å²) in [4.78, 5) is 12.0. The van der Waals surface area contributed by atoms with Gasteiger partial charge in [0.25, 0.3) is 5.79 Å². The standard InChI is InChI=1S/C27H50O5/c1-3-5-7-8-9-10-11-12-16-23-18-15-19-24(23)17-13-14-20-25(28)27(30,31)26(29)22-32-21-6-4-2/h12,16,23-25,28,30-31H,3-11,13-15,17-22H2,1-2H3/t23-,24-,25?/m0/s1. The highest BCUT2D eigenvalue weighted by molar-refractivity contribution is 5.87. The normalized spacial score (nSPS) is 20.3. The maximum Gasteiger partial charge on any atom is 0.253 e. The Morgan fingerprint density at radius 1 is 1.00 bits per heavy atom. The molecule has 0 amide bonds. The maximum atomic E-state index is 12.0. The Kier molecular flexibility index (Phi) is 16.2. The van der Waals surface area contributed by atoms with Crippen molar-refractivity contribution in [2.45, 2.75) is 128 Å². The van der Waals surface area contributed by atoms with Gasteiger partial charge in [0, 0.05) is 6.61 Å². The van der Waals surface area contributed by atoms with Crippen LogP contribution in [0.15, 0.2) is 12.2 Å². The van der Waals surface area contributed by atoms with Crippen molar-refractivity contribution >= 4 is 5.78 Å². The molecule has 1 aliphatic carbocycles. The van der Waals surface area contributed by atoms with Crippen LogP contribution in [0.1, 0.15) is 117 Å². The third-order valence-electron chi connectivity index (χ3n) is 6.88. The van der Waals surface area contributed by atoms with E-state index in [-0.39, 0.29) is 13.0 Å². The number of Topliss-reactive ketones (excluding diaryl/α,β-unsaturated/α-hetero) is 1. The van der Waals surface area contributed by atoms with Crippen LogP contribution in [0.3, 0.4) is 0 Å².